The average molecular weight is 287 g/mol. The number of hydrogen-bond acceptors (Lipinski definition) is 4. The van der Waals surface area contributed by atoms with E-state index in [-0.39, 0.29) is 12.1 Å². The van der Waals surface area contributed by atoms with Crippen molar-refractivity contribution in [1.29, 1.82) is 0 Å². The van der Waals surface area contributed by atoms with Gasteiger partial charge in [-0.25, -0.2) is 8.42 Å². The van der Waals surface area contributed by atoms with Gasteiger partial charge >= 0.3 is 0 Å². The van der Waals surface area contributed by atoms with Crippen molar-refractivity contribution in [3.05, 3.63) is 18.0 Å². The Morgan fingerprint density at radius 1 is 1.47 bits per heavy atom. The number of aryl methyl sites for hydroxylation is 1. The summed E-state index contributed by atoms with van der Waals surface area (Å²) < 4.78 is 34.0. The monoisotopic (exact) mass is 287 g/mol. The molecule has 0 saturated carbocycles. The maximum atomic E-state index is 12.6. The molecule has 1 aliphatic heterocycles. The van der Waals surface area contributed by atoms with Gasteiger partial charge in [0.2, 0.25) is 10.0 Å². The van der Waals surface area contributed by atoms with Gasteiger partial charge in [0, 0.05) is 38.1 Å². The predicted molar refractivity (Wildman–Crippen MR) is 72.1 cm³/mol. The second kappa shape index (κ2) is 5.24. The molecule has 1 aliphatic rings. The molecule has 1 fully saturated rings. The Bertz CT molecular complexity index is 553. The van der Waals surface area contributed by atoms with E-state index >= 15 is 0 Å². The Morgan fingerprint density at radius 2 is 2.16 bits per heavy atom. The smallest absolute Gasteiger partial charge is 0.245 e. The van der Waals surface area contributed by atoms with E-state index in [1.807, 2.05) is 13.8 Å². The lowest BCUT2D eigenvalue weighted by molar-refractivity contribution is -0.0170. The Hall–Kier alpha value is -0.890. The zero-order chi connectivity index (χ0) is 14.2. The number of nitrogens with zero attached hydrogens (tertiary/aromatic N) is 2. The third kappa shape index (κ3) is 2.69. The van der Waals surface area contributed by atoms with Crippen LogP contribution in [0.25, 0.3) is 0 Å². The zero-order valence-electron chi connectivity index (χ0n) is 11.5. The average Bonchev–Trinajstić information content (AvgIpc) is 2.74. The minimum atomic E-state index is -3.48. The van der Waals surface area contributed by atoms with E-state index in [0.717, 1.165) is 5.69 Å². The topological polar surface area (TPSA) is 77.6 Å². The minimum absolute atomic E-state index is 0.0799. The van der Waals surface area contributed by atoms with E-state index in [0.29, 0.717) is 24.6 Å². The molecule has 2 unspecified atom stereocenters. The van der Waals surface area contributed by atoms with Crippen LogP contribution in [0, 0.1) is 0 Å². The number of rotatable bonds is 3. The molecule has 0 aliphatic carbocycles. The van der Waals surface area contributed by atoms with Crippen molar-refractivity contribution in [3.8, 4) is 0 Å². The van der Waals surface area contributed by atoms with Crippen LogP contribution in [0.15, 0.2) is 17.2 Å². The molecule has 2 atom stereocenters. The van der Waals surface area contributed by atoms with Gasteiger partial charge in [0.25, 0.3) is 0 Å². The molecule has 1 aromatic rings. The van der Waals surface area contributed by atoms with Crippen molar-refractivity contribution in [2.45, 2.75) is 37.4 Å². The molecule has 1 aromatic heterocycles. The molecule has 6 nitrogen and oxygen atoms in total. The summed E-state index contributed by atoms with van der Waals surface area (Å²) in [5, 5.41) is 0. The van der Waals surface area contributed by atoms with Gasteiger partial charge in [-0.3, -0.25) is 0 Å². The second-order valence-electron chi connectivity index (χ2n) is 5.05. The lowest BCUT2D eigenvalue weighted by atomic mass is 10.2. The maximum absolute atomic E-state index is 12.6. The third-order valence-electron chi connectivity index (χ3n) is 3.45. The van der Waals surface area contributed by atoms with E-state index in [1.54, 1.807) is 23.9 Å². The standard InChI is InChI=1S/C12H21N3O3S/c1-9-8-18-10(2)6-15(9)19(16,17)12-4-11(5-13)14(3)7-12/h4,7,9-10H,5-6,8,13H2,1-3H3. The molecule has 2 rings (SSSR count). The Balaban J connectivity index is 2.35. The molecule has 0 radical (unpaired) electrons. The predicted octanol–water partition coefficient (Wildman–Crippen LogP) is 0.282. The van der Waals surface area contributed by atoms with Gasteiger partial charge in [0.1, 0.15) is 4.90 Å². The molecule has 0 spiro atoms. The molecule has 108 valence electrons. The van der Waals surface area contributed by atoms with Crippen molar-refractivity contribution in [2.24, 2.45) is 12.8 Å². The van der Waals surface area contributed by atoms with Crippen LogP contribution in [0.1, 0.15) is 19.5 Å². The first-order valence-electron chi connectivity index (χ1n) is 6.35. The molecule has 2 N–H and O–H groups in total. The summed E-state index contributed by atoms with van der Waals surface area (Å²) >= 11 is 0. The van der Waals surface area contributed by atoms with Crippen molar-refractivity contribution >= 4 is 10.0 Å². The quantitative estimate of drug-likeness (QED) is 0.866. The van der Waals surface area contributed by atoms with Crippen LogP contribution in [-0.2, 0) is 28.4 Å². The zero-order valence-corrected chi connectivity index (χ0v) is 12.4. The molecule has 0 aromatic carbocycles. The summed E-state index contributed by atoms with van der Waals surface area (Å²) in [6.07, 6.45) is 1.54. The van der Waals surface area contributed by atoms with Crippen molar-refractivity contribution < 1.29 is 13.2 Å². The largest absolute Gasteiger partial charge is 0.375 e. The van der Waals surface area contributed by atoms with E-state index < -0.39 is 10.0 Å². The number of sulfonamides is 1. The first-order chi connectivity index (χ1) is 8.86. The molecule has 2 heterocycles. The number of hydrogen-bond donors (Lipinski definition) is 1. The molecule has 19 heavy (non-hydrogen) atoms. The summed E-state index contributed by atoms with van der Waals surface area (Å²) in [5.74, 6) is 0. The van der Waals surface area contributed by atoms with Gasteiger partial charge < -0.3 is 15.0 Å². The van der Waals surface area contributed by atoms with Crippen LogP contribution in [0.5, 0.6) is 0 Å². The van der Waals surface area contributed by atoms with E-state index in [1.165, 1.54) is 4.31 Å². The Labute approximate surface area is 114 Å². The van der Waals surface area contributed by atoms with E-state index in [9.17, 15) is 8.42 Å². The van der Waals surface area contributed by atoms with Crippen LogP contribution >= 0.6 is 0 Å². The van der Waals surface area contributed by atoms with E-state index in [2.05, 4.69) is 0 Å². The summed E-state index contributed by atoms with van der Waals surface area (Å²) in [6, 6.07) is 1.49. The van der Waals surface area contributed by atoms with Gasteiger partial charge in [0.15, 0.2) is 0 Å². The van der Waals surface area contributed by atoms with Crippen LogP contribution < -0.4 is 5.73 Å². The third-order valence-corrected chi connectivity index (χ3v) is 5.39. The lowest BCUT2D eigenvalue weighted by Gasteiger charge is -2.35. The highest BCUT2D eigenvalue weighted by Crippen LogP contribution is 2.23. The van der Waals surface area contributed by atoms with Crippen LogP contribution in [0.2, 0.25) is 0 Å². The summed E-state index contributed by atoms with van der Waals surface area (Å²) in [4.78, 5) is 0.302. The molecule has 0 bridgehead atoms. The van der Waals surface area contributed by atoms with Gasteiger partial charge in [-0.1, -0.05) is 0 Å². The van der Waals surface area contributed by atoms with Crippen LogP contribution in [0.3, 0.4) is 0 Å². The number of morpholine rings is 1. The number of aromatic nitrogens is 1. The Morgan fingerprint density at radius 3 is 2.74 bits per heavy atom. The molecule has 0 amide bonds. The minimum Gasteiger partial charge on any atom is -0.375 e. The second-order valence-corrected chi connectivity index (χ2v) is 6.94. The maximum Gasteiger partial charge on any atom is 0.245 e. The van der Waals surface area contributed by atoms with E-state index in [4.69, 9.17) is 10.5 Å². The lowest BCUT2D eigenvalue weighted by Crippen LogP contribution is -2.49. The SMILES string of the molecule is CC1CN(S(=O)(=O)c2cc(CN)n(C)c2)C(C)CO1. The first-order valence-corrected chi connectivity index (χ1v) is 7.79. The fourth-order valence-corrected chi connectivity index (χ4v) is 4.05. The molecule has 1 saturated heterocycles. The molecular formula is C12H21N3O3S. The fraction of sp³-hybridized carbons (Fsp3) is 0.667. The van der Waals surface area contributed by atoms with Gasteiger partial charge in [-0.05, 0) is 19.9 Å². The van der Waals surface area contributed by atoms with Gasteiger partial charge in [0.05, 0.1) is 12.7 Å². The molecule has 7 heteroatoms. The van der Waals surface area contributed by atoms with Crippen LogP contribution in [0.4, 0.5) is 0 Å². The number of ether oxygens (including phenoxy) is 1. The Kier molecular flexibility index (Phi) is 4.00. The van der Waals surface area contributed by atoms with Crippen LogP contribution in [-0.4, -0.2) is 42.6 Å². The summed E-state index contributed by atoms with van der Waals surface area (Å²) in [7, 11) is -1.68. The summed E-state index contributed by atoms with van der Waals surface area (Å²) in [5.41, 5.74) is 6.38. The highest BCUT2D eigenvalue weighted by molar-refractivity contribution is 7.89. The normalized spacial score (nSPS) is 25.7. The fourth-order valence-electron chi connectivity index (χ4n) is 2.26. The van der Waals surface area contributed by atoms with Gasteiger partial charge in [-0.15, -0.1) is 0 Å². The molecular weight excluding hydrogens is 266 g/mol. The highest BCUT2D eigenvalue weighted by Gasteiger charge is 2.34. The highest BCUT2D eigenvalue weighted by atomic mass is 32.2. The first kappa shape index (κ1) is 14.5. The van der Waals surface area contributed by atoms with Crippen molar-refractivity contribution in [1.82, 2.24) is 8.87 Å². The van der Waals surface area contributed by atoms with Crippen molar-refractivity contribution in [2.75, 3.05) is 13.2 Å². The summed E-state index contributed by atoms with van der Waals surface area (Å²) in [6.45, 7) is 4.87. The van der Waals surface area contributed by atoms with Crippen molar-refractivity contribution in [3.63, 3.8) is 0 Å². The van der Waals surface area contributed by atoms with Gasteiger partial charge in [-0.2, -0.15) is 4.31 Å². The number of nitrogens with two attached hydrogens (primary N) is 1.